The summed E-state index contributed by atoms with van der Waals surface area (Å²) in [6.45, 7) is 7.93. The van der Waals surface area contributed by atoms with Crippen molar-refractivity contribution in [2.24, 2.45) is 0 Å². The maximum atomic E-state index is 11.5. The minimum absolute atomic E-state index is 0.0211. The first-order valence-corrected chi connectivity index (χ1v) is 8.18. The van der Waals surface area contributed by atoms with E-state index >= 15 is 0 Å². The fraction of sp³-hybridized carbons (Fsp3) is 0.647. The summed E-state index contributed by atoms with van der Waals surface area (Å²) in [5.41, 5.74) is 0. The van der Waals surface area contributed by atoms with Gasteiger partial charge in [0.25, 0.3) is 0 Å². The number of hydrogen-bond acceptors (Lipinski definition) is 10. The van der Waals surface area contributed by atoms with E-state index in [4.69, 9.17) is 28.4 Å². The number of hydrogen-bond donors (Lipinski definition) is 0. The van der Waals surface area contributed by atoms with E-state index in [0.717, 1.165) is 13.8 Å². The fourth-order valence-corrected chi connectivity index (χ4v) is 2.49. The number of esters is 4. The van der Waals surface area contributed by atoms with Crippen LogP contribution in [0.25, 0.3) is 0 Å². The Bertz CT molecular complexity index is 572. The van der Waals surface area contributed by atoms with E-state index in [1.807, 2.05) is 0 Å². The number of carbonyl (C=O) groups is 4. The molecule has 0 amide bonds. The zero-order valence-electron chi connectivity index (χ0n) is 15.7. The molecule has 1 aliphatic heterocycles. The highest BCUT2D eigenvalue weighted by atomic mass is 16.7. The van der Waals surface area contributed by atoms with Gasteiger partial charge in [-0.2, -0.15) is 0 Å². The van der Waals surface area contributed by atoms with Crippen molar-refractivity contribution in [3.05, 3.63) is 12.7 Å². The molecular formula is C17H24O10. The van der Waals surface area contributed by atoms with Gasteiger partial charge in [0.05, 0.1) is 6.61 Å². The Balaban J connectivity index is 3.24. The molecule has 0 aromatic rings. The lowest BCUT2D eigenvalue weighted by atomic mass is 9.98. The highest BCUT2D eigenvalue weighted by Gasteiger charge is 2.52. The maximum absolute atomic E-state index is 11.5. The first kappa shape index (κ1) is 22.6. The van der Waals surface area contributed by atoms with Crippen LogP contribution in [0, 0.1) is 0 Å². The number of ether oxygens (including phenoxy) is 6. The standard InChI is InChI=1S/C17H24O10/c1-6-7-22-15-14(24-10(3)19)13(8-23-9(2)18)27-17(26-12(5)21)16(15)25-11(4)20/h6,13-17H,1,7-8H2,2-5H3. The van der Waals surface area contributed by atoms with Crippen molar-refractivity contribution < 1.29 is 47.6 Å². The molecular weight excluding hydrogens is 364 g/mol. The van der Waals surface area contributed by atoms with Gasteiger partial charge in [-0.05, 0) is 0 Å². The van der Waals surface area contributed by atoms with Crippen LogP contribution < -0.4 is 0 Å². The van der Waals surface area contributed by atoms with Gasteiger partial charge in [-0.25, -0.2) is 0 Å². The largest absolute Gasteiger partial charge is 0.463 e. The molecule has 0 bridgehead atoms. The second kappa shape index (κ2) is 10.6. The van der Waals surface area contributed by atoms with Crippen molar-refractivity contribution in [1.82, 2.24) is 0 Å². The first-order chi connectivity index (χ1) is 12.6. The van der Waals surface area contributed by atoms with Crippen LogP contribution >= 0.6 is 0 Å². The molecule has 0 radical (unpaired) electrons. The van der Waals surface area contributed by atoms with E-state index < -0.39 is 54.6 Å². The molecule has 1 saturated heterocycles. The highest BCUT2D eigenvalue weighted by molar-refractivity contribution is 5.68. The van der Waals surface area contributed by atoms with Gasteiger partial charge in [0, 0.05) is 27.7 Å². The molecule has 0 aromatic heterocycles. The molecule has 152 valence electrons. The Hall–Kier alpha value is -2.46. The Morgan fingerprint density at radius 3 is 1.89 bits per heavy atom. The molecule has 1 aliphatic rings. The van der Waals surface area contributed by atoms with Crippen LogP contribution in [-0.2, 0) is 47.6 Å². The normalized spacial score (nSPS) is 27.2. The van der Waals surface area contributed by atoms with Gasteiger partial charge >= 0.3 is 23.9 Å². The van der Waals surface area contributed by atoms with Crippen LogP contribution in [0.15, 0.2) is 12.7 Å². The van der Waals surface area contributed by atoms with Gasteiger partial charge in [0.15, 0.2) is 12.2 Å². The molecule has 1 heterocycles. The van der Waals surface area contributed by atoms with E-state index in [1.165, 1.54) is 19.9 Å². The van der Waals surface area contributed by atoms with Crippen molar-refractivity contribution in [3.8, 4) is 0 Å². The summed E-state index contributed by atoms with van der Waals surface area (Å²) in [5.74, 6) is -2.63. The molecule has 10 heteroatoms. The van der Waals surface area contributed by atoms with Crippen LogP contribution in [0.2, 0.25) is 0 Å². The summed E-state index contributed by atoms with van der Waals surface area (Å²) < 4.78 is 31.7. The van der Waals surface area contributed by atoms with E-state index in [1.54, 1.807) is 0 Å². The molecule has 5 unspecified atom stereocenters. The highest BCUT2D eigenvalue weighted by Crippen LogP contribution is 2.29. The monoisotopic (exact) mass is 388 g/mol. The summed E-state index contributed by atoms with van der Waals surface area (Å²) >= 11 is 0. The summed E-state index contributed by atoms with van der Waals surface area (Å²) in [6.07, 6.45) is -4.32. The Morgan fingerprint density at radius 1 is 0.852 bits per heavy atom. The second-order valence-corrected chi connectivity index (χ2v) is 5.69. The van der Waals surface area contributed by atoms with Crippen molar-refractivity contribution in [2.45, 2.75) is 58.4 Å². The third-order valence-corrected chi connectivity index (χ3v) is 3.33. The molecule has 0 N–H and O–H groups in total. The predicted octanol–water partition coefficient (Wildman–Crippen LogP) is 0.272. The molecule has 27 heavy (non-hydrogen) atoms. The number of carbonyl (C=O) groups excluding carboxylic acids is 4. The topological polar surface area (TPSA) is 124 Å². The van der Waals surface area contributed by atoms with E-state index in [-0.39, 0.29) is 13.2 Å². The summed E-state index contributed by atoms with van der Waals surface area (Å²) in [4.78, 5) is 45.6. The molecule has 1 fully saturated rings. The third-order valence-electron chi connectivity index (χ3n) is 3.33. The summed E-state index contributed by atoms with van der Waals surface area (Å²) in [5, 5.41) is 0. The predicted molar refractivity (Wildman–Crippen MR) is 88.1 cm³/mol. The Kier molecular flexibility index (Phi) is 8.89. The summed E-state index contributed by atoms with van der Waals surface area (Å²) in [7, 11) is 0. The lowest BCUT2D eigenvalue weighted by molar-refractivity contribution is -0.303. The zero-order valence-corrected chi connectivity index (χ0v) is 15.7. The van der Waals surface area contributed by atoms with Crippen molar-refractivity contribution >= 4 is 23.9 Å². The van der Waals surface area contributed by atoms with Crippen molar-refractivity contribution in [2.75, 3.05) is 13.2 Å². The third kappa shape index (κ3) is 7.35. The van der Waals surface area contributed by atoms with Crippen molar-refractivity contribution in [3.63, 3.8) is 0 Å². The van der Waals surface area contributed by atoms with Gasteiger partial charge in [0.1, 0.15) is 18.8 Å². The van der Waals surface area contributed by atoms with Crippen LogP contribution in [0.5, 0.6) is 0 Å². The van der Waals surface area contributed by atoms with Gasteiger partial charge in [-0.15, -0.1) is 6.58 Å². The van der Waals surface area contributed by atoms with Crippen molar-refractivity contribution in [1.29, 1.82) is 0 Å². The van der Waals surface area contributed by atoms with Crippen LogP contribution in [0.1, 0.15) is 27.7 Å². The SMILES string of the molecule is C=CCOC1C(OC(C)=O)C(COC(C)=O)OC(OC(C)=O)C1OC(C)=O. The fourth-order valence-electron chi connectivity index (χ4n) is 2.49. The van der Waals surface area contributed by atoms with E-state index in [0.29, 0.717) is 0 Å². The van der Waals surface area contributed by atoms with Gasteiger partial charge in [-0.3, -0.25) is 19.2 Å². The van der Waals surface area contributed by atoms with Gasteiger partial charge in [-0.1, -0.05) is 6.08 Å². The Morgan fingerprint density at radius 2 is 1.41 bits per heavy atom. The average Bonchev–Trinajstić information content (AvgIpc) is 2.53. The molecule has 0 aliphatic carbocycles. The minimum atomic E-state index is -1.35. The molecule has 0 saturated carbocycles. The molecule has 0 spiro atoms. The zero-order chi connectivity index (χ0) is 20.6. The maximum Gasteiger partial charge on any atom is 0.305 e. The molecule has 10 nitrogen and oxygen atoms in total. The Labute approximate surface area is 156 Å². The van der Waals surface area contributed by atoms with Crippen LogP contribution in [0.4, 0.5) is 0 Å². The number of rotatable bonds is 8. The molecule has 1 rings (SSSR count). The van der Waals surface area contributed by atoms with Crippen LogP contribution in [0.3, 0.4) is 0 Å². The van der Waals surface area contributed by atoms with Gasteiger partial charge in [0.2, 0.25) is 6.29 Å². The minimum Gasteiger partial charge on any atom is -0.463 e. The van der Waals surface area contributed by atoms with Gasteiger partial charge < -0.3 is 28.4 Å². The van der Waals surface area contributed by atoms with Crippen LogP contribution in [-0.4, -0.2) is 67.8 Å². The quantitative estimate of drug-likeness (QED) is 0.325. The molecule has 0 aromatic carbocycles. The lowest BCUT2D eigenvalue weighted by Crippen LogP contribution is -2.62. The summed E-state index contributed by atoms with van der Waals surface area (Å²) in [6, 6.07) is 0. The van der Waals surface area contributed by atoms with E-state index in [2.05, 4.69) is 6.58 Å². The molecule has 5 atom stereocenters. The average molecular weight is 388 g/mol. The smallest absolute Gasteiger partial charge is 0.305 e. The van der Waals surface area contributed by atoms with E-state index in [9.17, 15) is 19.2 Å². The first-order valence-electron chi connectivity index (χ1n) is 8.18. The lowest BCUT2D eigenvalue weighted by Gasteiger charge is -2.43. The second-order valence-electron chi connectivity index (χ2n) is 5.69.